The van der Waals surface area contributed by atoms with Crippen LogP contribution in [0, 0.1) is 11.6 Å². The SMILES string of the molecule is O=C1CCC(N2C(=O)c3cccc(NCC(=O)N4CCC(n5cc(-c6cnc7cccc(-c8cc(F)c(CC9CNCCO9)c(F)c8)c7n6)cn5)CC4)c3C2=O)C(=O)N1. The monoisotopic (exact) mass is 803 g/mol. The van der Waals surface area contributed by atoms with E-state index in [1.54, 1.807) is 47.6 Å². The molecule has 0 aliphatic carbocycles. The van der Waals surface area contributed by atoms with Crippen molar-refractivity contribution >= 4 is 46.3 Å². The highest BCUT2D eigenvalue weighted by Gasteiger charge is 2.45. The molecule has 0 bridgehead atoms. The first-order valence-corrected chi connectivity index (χ1v) is 19.6. The Morgan fingerprint density at radius 2 is 1.71 bits per heavy atom. The van der Waals surface area contributed by atoms with E-state index in [0.29, 0.717) is 84.7 Å². The van der Waals surface area contributed by atoms with E-state index in [-0.39, 0.29) is 60.6 Å². The number of likely N-dealkylation sites (tertiary alicyclic amines) is 1. The standard InChI is InChI=1S/C42H39F2N9O6/c43-30-15-23(16-31(44)29(30)17-26-19-45-11-14-59-26)27-3-1-6-33-39(27)49-34(20-46-33)24-18-48-52(22-24)25-9-12-51(13-10-25)37(55)21-47-32-5-2-4-28-38(32)42(58)53(41(28)57)35-7-8-36(54)50-40(35)56/h1-6,15-16,18,20,22,25-26,35,45,47H,7-14,17,19,21H2,(H,50,54,56). The van der Waals surface area contributed by atoms with Crippen molar-refractivity contribution < 1.29 is 37.5 Å². The van der Waals surface area contributed by atoms with Crippen LogP contribution in [0.1, 0.15) is 58.0 Å². The number of nitrogens with zero attached hydrogens (tertiary/aromatic N) is 6. The molecule has 9 rings (SSSR count). The molecule has 0 radical (unpaired) electrons. The topological polar surface area (TPSA) is 181 Å². The van der Waals surface area contributed by atoms with Gasteiger partial charge in [0.15, 0.2) is 0 Å². The molecule has 0 spiro atoms. The van der Waals surface area contributed by atoms with Crippen LogP contribution in [-0.4, -0.2) is 111 Å². The molecule has 17 heteroatoms. The molecule has 6 heterocycles. The summed E-state index contributed by atoms with van der Waals surface area (Å²) >= 11 is 0. The van der Waals surface area contributed by atoms with Crippen molar-refractivity contribution in [3.05, 3.63) is 95.4 Å². The van der Waals surface area contributed by atoms with Crippen LogP contribution in [0.3, 0.4) is 0 Å². The summed E-state index contributed by atoms with van der Waals surface area (Å²) in [5, 5.41) is 13.0. The van der Waals surface area contributed by atoms with Crippen LogP contribution in [0.15, 0.2) is 67.1 Å². The fourth-order valence-electron chi connectivity index (χ4n) is 8.33. The molecule has 5 amide bonds. The van der Waals surface area contributed by atoms with Crippen molar-refractivity contribution in [1.82, 2.24) is 40.2 Å². The van der Waals surface area contributed by atoms with Gasteiger partial charge in [0.1, 0.15) is 17.7 Å². The second-order valence-corrected chi connectivity index (χ2v) is 15.1. The molecule has 4 aliphatic rings. The highest BCUT2D eigenvalue weighted by atomic mass is 19.1. The van der Waals surface area contributed by atoms with Crippen molar-refractivity contribution in [2.75, 3.05) is 44.6 Å². The van der Waals surface area contributed by atoms with Gasteiger partial charge in [0.05, 0.1) is 65.5 Å². The third kappa shape index (κ3) is 7.31. The normalized spacial score (nSPS) is 20.0. The Labute approximate surface area is 336 Å². The second-order valence-electron chi connectivity index (χ2n) is 15.1. The maximum absolute atomic E-state index is 15.4. The van der Waals surface area contributed by atoms with E-state index in [9.17, 15) is 24.0 Å². The van der Waals surface area contributed by atoms with Gasteiger partial charge in [-0.25, -0.2) is 13.8 Å². The molecule has 4 aliphatic heterocycles. The van der Waals surface area contributed by atoms with E-state index in [1.165, 1.54) is 18.2 Å². The van der Waals surface area contributed by atoms with Crippen molar-refractivity contribution in [2.45, 2.75) is 50.3 Å². The van der Waals surface area contributed by atoms with Gasteiger partial charge in [-0.05, 0) is 55.2 Å². The molecule has 2 aromatic heterocycles. The van der Waals surface area contributed by atoms with Crippen LogP contribution in [-0.2, 0) is 25.5 Å². The predicted octanol–water partition coefficient (Wildman–Crippen LogP) is 3.65. The summed E-state index contributed by atoms with van der Waals surface area (Å²) in [5.41, 5.74) is 3.73. The average molecular weight is 804 g/mol. The molecule has 59 heavy (non-hydrogen) atoms. The van der Waals surface area contributed by atoms with E-state index in [2.05, 4.69) is 26.0 Å². The number of hydrogen-bond donors (Lipinski definition) is 3. The first kappa shape index (κ1) is 38.1. The van der Waals surface area contributed by atoms with Gasteiger partial charge >= 0.3 is 0 Å². The van der Waals surface area contributed by atoms with Crippen LogP contribution in [0.2, 0.25) is 0 Å². The number of para-hydroxylation sites is 1. The van der Waals surface area contributed by atoms with Crippen LogP contribution >= 0.6 is 0 Å². The molecule has 3 aromatic carbocycles. The Kier molecular flexibility index (Phi) is 10.1. The van der Waals surface area contributed by atoms with Crippen LogP contribution in [0.25, 0.3) is 33.4 Å². The van der Waals surface area contributed by atoms with Gasteiger partial charge in [0, 0.05) is 67.6 Å². The maximum atomic E-state index is 15.4. The first-order valence-electron chi connectivity index (χ1n) is 19.6. The number of halogens is 2. The fourth-order valence-corrected chi connectivity index (χ4v) is 8.33. The molecule has 302 valence electrons. The molecular formula is C42H39F2N9O6. The van der Waals surface area contributed by atoms with Gasteiger partial charge in [0.25, 0.3) is 11.8 Å². The minimum absolute atomic E-state index is 0.00304. The first-order chi connectivity index (χ1) is 28.6. The van der Waals surface area contributed by atoms with Crippen LogP contribution in [0.5, 0.6) is 0 Å². The summed E-state index contributed by atoms with van der Waals surface area (Å²) in [6.45, 7) is 2.54. The summed E-state index contributed by atoms with van der Waals surface area (Å²) < 4.78 is 38.3. The number of carbonyl (C=O) groups excluding carboxylic acids is 5. The Hall–Kier alpha value is -6.46. The van der Waals surface area contributed by atoms with Gasteiger partial charge < -0.3 is 20.3 Å². The predicted molar refractivity (Wildman–Crippen MR) is 209 cm³/mol. The number of hydrogen-bond acceptors (Lipinski definition) is 11. The Morgan fingerprint density at radius 3 is 2.47 bits per heavy atom. The van der Waals surface area contributed by atoms with E-state index < -0.39 is 41.3 Å². The summed E-state index contributed by atoms with van der Waals surface area (Å²) in [6, 6.07) is 11.6. The number of fused-ring (bicyclic) bond motifs is 2. The summed E-state index contributed by atoms with van der Waals surface area (Å²) in [5.74, 6) is -3.90. The molecule has 2 atom stereocenters. The van der Waals surface area contributed by atoms with Gasteiger partial charge in [-0.15, -0.1) is 0 Å². The second kappa shape index (κ2) is 15.7. The molecule has 3 saturated heterocycles. The number of anilines is 1. The Bertz CT molecular complexity index is 2510. The number of amides is 5. The highest BCUT2D eigenvalue weighted by Crippen LogP contribution is 2.34. The minimum atomic E-state index is -1.09. The van der Waals surface area contributed by atoms with Gasteiger partial charge in [-0.3, -0.25) is 43.9 Å². The summed E-state index contributed by atoms with van der Waals surface area (Å²) in [4.78, 5) is 76.2. The van der Waals surface area contributed by atoms with Crippen molar-refractivity contribution in [3.63, 3.8) is 0 Å². The average Bonchev–Trinajstić information content (AvgIpc) is 3.84. The number of benzene rings is 3. The summed E-state index contributed by atoms with van der Waals surface area (Å²) in [7, 11) is 0. The van der Waals surface area contributed by atoms with Crippen molar-refractivity contribution in [3.8, 4) is 22.4 Å². The number of rotatable bonds is 9. The third-order valence-electron chi connectivity index (χ3n) is 11.4. The van der Waals surface area contributed by atoms with Gasteiger partial charge in [-0.1, -0.05) is 18.2 Å². The lowest BCUT2D eigenvalue weighted by molar-refractivity contribution is -0.136. The van der Waals surface area contributed by atoms with E-state index >= 15 is 8.78 Å². The lowest BCUT2D eigenvalue weighted by atomic mass is 9.98. The van der Waals surface area contributed by atoms with E-state index in [0.717, 1.165) is 4.90 Å². The number of ether oxygens (including phenoxy) is 1. The number of nitrogens with one attached hydrogen (secondary N) is 3. The molecule has 3 N–H and O–H groups in total. The van der Waals surface area contributed by atoms with Gasteiger partial charge in [0.2, 0.25) is 17.7 Å². The smallest absolute Gasteiger partial charge is 0.264 e. The zero-order valence-electron chi connectivity index (χ0n) is 31.7. The van der Waals surface area contributed by atoms with E-state index in [4.69, 9.17) is 9.72 Å². The summed E-state index contributed by atoms with van der Waals surface area (Å²) in [6.07, 6.45) is 6.36. The molecule has 5 aromatic rings. The lowest BCUT2D eigenvalue weighted by Gasteiger charge is -2.32. The Morgan fingerprint density at radius 1 is 0.932 bits per heavy atom. The zero-order valence-corrected chi connectivity index (χ0v) is 31.7. The quantitative estimate of drug-likeness (QED) is 0.185. The number of carbonyl (C=O) groups is 5. The van der Waals surface area contributed by atoms with Crippen molar-refractivity contribution in [2.24, 2.45) is 0 Å². The number of aromatic nitrogens is 4. The molecule has 0 saturated carbocycles. The maximum Gasteiger partial charge on any atom is 0.264 e. The van der Waals surface area contributed by atoms with Crippen LogP contribution in [0.4, 0.5) is 14.5 Å². The molecule has 15 nitrogen and oxygen atoms in total. The largest absolute Gasteiger partial charge is 0.375 e. The number of imide groups is 2. The molecular weight excluding hydrogens is 765 g/mol. The van der Waals surface area contributed by atoms with E-state index in [1.807, 2.05) is 10.9 Å². The van der Waals surface area contributed by atoms with Crippen LogP contribution < -0.4 is 16.0 Å². The zero-order chi connectivity index (χ0) is 40.8. The highest BCUT2D eigenvalue weighted by molar-refractivity contribution is 6.25. The third-order valence-corrected chi connectivity index (χ3v) is 11.4. The number of piperidine rings is 2. The molecule has 2 unspecified atom stereocenters. The fraction of sp³-hybridized carbons (Fsp3) is 0.333. The minimum Gasteiger partial charge on any atom is -0.375 e. The van der Waals surface area contributed by atoms with Crippen molar-refractivity contribution in [1.29, 1.82) is 0 Å². The lowest BCUT2D eigenvalue weighted by Crippen LogP contribution is -2.54. The van der Waals surface area contributed by atoms with Gasteiger partial charge in [-0.2, -0.15) is 5.10 Å². The molecule has 3 fully saturated rings. The number of morpholine rings is 1. The Balaban J connectivity index is 0.840.